The highest BCUT2D eigenvalue weighted by Crippen LogP contribution is 2.39. The number of methoxy groups -OCH3 is 3. The maximum atomic E-state index is 12.0. The van der Waals surface area contributed by atoms with Gasteiger partial charge in [0.2, 0.25) is 11.7 Å². The Bertz CT molecular complexity index is 716. The van der Waals surface area contributed by atoms with Crippen LogP contribution in [0.4, 0.5) is 5.69 Å². The molecule has 11 heteroatoms. The number of anilines is 1. The number of carbonyl (C=O) groups excluding carboxylic acids is 1. The Labute approximate surface area is 207 Å². The molecule has 0 unspecified atom stereocenters. The second kappa shape index (κ2) is 15.0. The number of halogens is 1. The van der Waals surface area contributed by atoms with Gasteiger partial charge in [0.05, 0.1) is 34.5 Å². The Hall–Kier alpha value is -1.99. The van der Waals surface area contributed by atoms with Crippen LogP contribution in [0.2, 0.25) is 0 Å². The van der Waals surface area contributed by atoms with Gasteiger partial charge in [-0.25, -0.2) is 4.99 Å². The lowest BCUT2D eigenvalue weighted by molar-refractivity contribution is -0.127. The Morgan fingerprint density at radius 1 is 1.12 bits per heavy atom. The fourth-order valence-corrected chi connectivity index (χ4v) is 3.05. The van der Waals surface area contributed by atoms with Crippen LogP contribution in [0.15, 0.2) is 17.1 Å². The van der Waals surface area contributed by atoms with Crippen molar-refractivity contribution in [1.29, 1.82) is 0 Å². The number of likely N-dealkylation sites (N-methyl/N-ethyl adjacent to an activating group) is 1. The van der Waals surface area contributed by atoms with Crippen molar-refractivity contribution in [3.63, 3.8) is 0 Å². The topological polar surface area (TPSA) is 96.9 Å². The summed E-state index contributed by atoms with van der Waals surface area (Å²) in [6.07, 6.45) is 0.942. The molecule has 2 N–H and O–H groups in total. The molecule has 1 aliphatic rings. The molecule has 1 fully saturated rings. The van der Waals surface area contributed by atoms with Gasteiger partial charge in [-0.05, 0) is 13.0 Å². The molecule has 1 aromatic rings. The summed E-state index contributed by atoms with van der Waals surface area (Å²) in [5, 5.41) is 6.53. The molecule has 1 heterocycles. The average molecular weight is 565 g/mol. The summed E-state index contributed by atoms with van der Waals surface area (Å²) in [6.45, 7) is 5.22. The van der Waals surface area contributed by atoms with E-state index in [0.717, 1.165) is 39.3 Å². The van der Waals surface area contributed by atoms with E-state index in [1.165, 1.54) is 4.90 Å². The number of ether oxygens (including phenoxy) is 4. The molecule has 0 spiro atoms. The number of amides is 1. The van der Waals surface area contributed by atoms with Gasteiger partial charge in [-0.1, -0.05) is 0 Å². The van der Waals surface area contributed by atoms with Crippen LogP contribution < -0.4 is 24.8 Å². The summed E-state index contributed by atoms with van der Waals surface area (Å²) in [7, 11) is 8.11. The minimum Gasteiger partial charge on any atom is -0.493 e. The normalized spacial score (nSPS) is 14.2. The highest BCUT2D eigenvalue weighted by Gasteiger charge is 2.15. The Morgan fingerprint density at radius 3 is 2.28 bits per heavy atom. The number of hydrogen-bond acceptors (Lipinski definition) is 7. The van der Waals surface area contributed by atoms with Gasteiger partial charge < -0.3 is 34.5 Å². The molecule has 10 nitrogen and oxygen atoms in total. The third-order valence-electron chi connectivity index (χ3n) is 4.85. The second-order valence-corrected chi connectivity index (χ2v) is 7.23. The molecule has 1 amide bonds. The summed E-state index contributed by atoms with van der Waals surface area (Å²) in [5.41, 5.74) is 0.700. The van der Waals surface area contributed by atoms with Crippen LogP contribution in [0.3, 0.4) is 0 Å². The van der Waals surface area contributed by atoms with Crippen LogP contribution in [0.25, 0.3) is 0 Å². The number of aliphatic imine (C=N–C) groups is 1. The van der Waals surface area contributed by atoms with Gasteiger partial charge >= 0.3 is 0 Å². The lowest BCUT2D eigenvalue weighted by Gasteiger charge is -2.26. The van der Waals surface area contributed by atoms with Crippen molar-refractivity contribution in [3.05, 3.63) is 12.1 Å². The van der Waals surface area contributed by atoms with E-state index >= 15 is 0 Å². The van der Waals surface area contributed by atoms with E-state index in [9.17, 15) is 4.79 Å². The maximum Gasteiger partial charge on any atom is 0.243 e. The first-order valence-electron chi connectivity index (χ1n) is 10.3. The highest BCUT2D eigenvalue weighted by atomic mass is 127. The number of nitrogens with one attached hydrogen (secondary N) is 2. The molecule has 0 radical (unpaired) electrons. The number of carbonyl (C=O) groups is 1. The molecule has 0 atom stereocenters. The van der Waals surface area contributed by atoms with E-state index in [-0.39, 0.29) is 36.4 Å². The largest absolute Gasteiger partial charge is 0.493 e. The number of hydrogen-bond donors (Lipinski definition) is 2. The summed E-state index contributed by atoms with van der Waals surface area (Å²) in [6, 6.07) is 3.58. The first-order valence-corrected chi connectivity index (χ1v) is 10.3. The molecule has 32 heavy (non-hydrogen) atoms. The molecule has 1 aliphatic heterocycles. The first-order chi connectivity index (χ1) is 15.0. The van der Waals surface area contributed by atoms with E-state index in [0.29, 0.717) is 35.4 Å². The molecule has 1 aromatic carbocycles. The molecule has 0 aliphatic carbocycles. The van der Waals surface area contributed by atoms with Crippen molar-refractivity contribution in [1.82, 2.24) is 15.1 Å². The Morgan fingerprint density at radius 2 is 1.75 bits per heavy atom. The lowest BCUT2D eigenvalue weighted by Crippen LogP contribution is -2.39. The molecule has 0 saturated carbocycles. The van der Waals surface area contributed by atoms with Crippen molar-refractivity contribution in [2.45, 2.75) is 6.42 Å². The fraction of sp³-hybridized carbons (Fsp3) is 0.619. The number of benzene rings is 1. The van der Waals surface area contributed by atoms with Gasteiger partial charge in [0.25, 0.3) is 0 Å². The van der Waals surface area contributed by atoms with Crippen LogP contribution in [-0.4, -0.2) is 103 Å². The van der Waals surface area contributed by atoms with Crippen LogP contribution in [0.1, 0.15) is 6.42 Å². The monoisotopic (exact) mass is 565 g/mol. The van der Waals surface area contributed by atoms with Gasteiger partial charge in [-0.2, -0.15) is 0 Å². The molecule has 182 valence electrons. The van der Waals surface area contributed by atoms with Crippen LogP contribution >= 0.6 is 24.0 Å². The summed E-state index contributed by atoms with van der Waals surface area (Å²) in [4.78, 5) is 20.3. The number of nitrogens with zero attached hydrogens (tertiary/aromatic N) is 3. The van der Waals surface area contributed by atoms with Crippen LogP contribution in [-0.2, 0) is 9.53 Å². The molecular formula is C21H36IN5O5. The molecule has 0 bridgehead atoms. The number of rotatable bonds is 10. The van der Waals surface area contributed by atoms with Gasteiger partial charge in [0, 0.05) is 51.5 Å². The van der Waals surface area contributed by atoms with Crippen molar-refractivity contribution < 1.29 is 23.7 Å². The second-order valence-electron chi connectivity index (χ2n) is 7.23. The zero-order valence-corrected chi connectivity index (χ0v) is 21.9. The zero-order valence-electron chi connectivity index (χ0n) is 19.6. The van der Waals surface area contributed by atoms with Crippen molar-refractivity contribution in [2.75, 3.05) is 86.7 Å². The van der Waals surface area contributed by atoms with Crippen LogP contribution in [0, 0.1) is 0 Å². The Kier molecular flexibility index (Phi) is 13.1. The summed E-state index contributed by atoms with van der Waals surface area (Å²) in [5.74, 6) is 1.99. The lowest BCUT2D eigenvalue weighted by atomic mass is 10.2. The predicted molar refractivity (Wildman–Crippen MR) is 136 cm³/mol. The molecular weight excluding hydrogens is 529 g/mol. The van der Waals surface area contributed by atoms with E-state index in [4.69, 9.17) is 18.9 Å². The van der Waals surface area contributed by atoms with Gasteiger partial charge in [-0.15, -0.1) is 24.0 Å². The maximum absolute atomic E-state index is 12.0. The predicted octanol–water partition coefficient (Wildman–Crippen LogP) is 1.50. The van der Waals surface area contributed by atoms with Crippen LogP contribution in [0.5, 0.6) is 17.2 Å². The number of guanidine groups is 1. The van der Waals surface area contributed by atoms with Crippen molar-refractivity contribution in [3.8, 4) is 17.2 Å². The van der Waals surface area contributed by atoms with E-state index in [1.807, 2.05) is 0 Å². The minimum absolute atomic E-state index is 0. The van der Waals surface area contributed by atoms with Gasteiger partial charge in [-0.3, -0.25) is 9.69 Å². The SMILES string of the molecule is COc1cc(NC(=NCC(=O)N(C)C)NCCCN2CCOCC2)cc(OC)c1OC.I. The zero-order chi connectivity index (χ0) is 22.6. The van der Waals surface area contributed by atoms with Crippen molar-refractivity contribution in [2.24, 2.45) is 4.99 Å². The van der Waals surface area contributed by atoms with Gasteiger partial charge in [0.1, 0.15) is 6.54 Å². The quantitative estimate of drug-likeness (QED) is 0.191. The fourth-order valence-electron chi connectivity index (χ4n) is 3.05. The number of morpholine rings is 1. The van der Waals surface area contributed by atoms with Crippen molar-refractivity contribution >= 4 is 41.5 Å². The first kappa shape index (κ1) is 28.0. The smallest absolute Gasteiger partial charge is 0.243 e. The average Bonchev–Trinajstić information content (AvgIpc) is 2.79. The van der Waals surface area contributed by atoms with E-state index in [1.54, 1.807) is 47.6 Å². The molecule has 1 saturated heterocycles. The third kappa shape index (κ3) is 8.87. The van der Waals surface area contributed by atoms with E-state index in [2.05, 4.69) is 20.5 Å². The highest BCUT2D eigenvalue weighted by molar-refractivity contribution is 14.0. The summed E-state index contributed by atoms with van der Waals surface area (Å²) < 4.78 is 21.6. The van der Waals surface area contributed by atoms with E-state index < -0.39 is 0 Å². The third-order valence-corrected chi connectivity index (χ3v) is 4.85. The standard InChI is InChI=1S/C21H35N5O5.HI/c1-25(2)19(27)15-23-21(22-7-6-8-26-9-11-31-12-10-26)24-16-13-17(28-3)20(30-5)18(14-16)29-4;/h13-14H,6-12,15H2,1-5H3,(H2,22,23,24);1H. The Balaban J connectivity index is 0.00000512. The van der Waals surface area contributed by atoms with Gasteiger partial charge in [0.15, 0.2) is 17.5 Å². The molecule has 0 aromatic heterocycles. The summed E-state index contributed by atoms with van der Waals surface area (Å²) >= 11 is 0. The minimum atomic E-state index is -0.0840. The molecule has 2 rings (SSSR count).